The molecule has 0 aliphatic heterocycles. The normalized spacial score (nSPS) is 27.2. The molecule has 0 amide bonds. The highest BCUT2D eigenvalue weighted by molar-refractivity contribution is 5.27. The van der Waals surface area contributed by atoms with Gasteiger partial charge in [0.05, 0.1) is 0 Å². The number of nitrogens with two attached hydrogens (primary N) is 1. The van der Waals surface area contributed by atoms with Gasteiger partial charge >= 0.3 is 0 Å². The molecule has 1 saturated carbocycles. The number of hydrogen-bond donors (Lipinski definition) is 1. The van der Waals surface area contributed by atoms with Crippen LogP contribution in [0.1, 0.15) is 17.9 Å². The van der Waals surface area contributed by atoms with Gasteiger partial charge in [-0.2, -0.15) is 0 Å². The summed E-state index contributed by atoms with van der Waals surface area (Å²) in [5.74, 6) is 0.816. The first kappa shape index (κ1) is 7.74. The molecule has 0 unspecified atom stereocenters. The molecule has 0 heterocycles. The van der Waals surface area contributed by atoms with Crippen molar-refractivity contribution in [1.29, 1.82) is 0 Å². The van der Waals surface area contributed by atoms with Crippen LogP contribution in [0.3, 0.4) is 0 Å². The zero-order chi connectivity index (χ0) is 8.55. The number of hydrogen-bond acceptors (Lipinski definition) is 1. The fourth-order valence-corrected chi connectivity index (χ4v) is 1.66. The van der Waals surface area contributed by atoms with Crippen LogP contribution in [0.5, 0.6) is 0 Å². The Kier molecular flexibility index (Phi) is 1.85. The van der Waals surface area contributed by atoms with Crippen molar-refractivity contribution >= 4 is 0 Å². The molecule has 2 atom stereocenters. The highest BCUT2D eigenvalue weighted by Crippen LogP contribution is 2.47. The van der Waals surface area contributed by atoms with Crippen LogP contribution in [0.4, 0.5) is 4.39 Å². The third-order valence-electron chi connectivity index (χ3n) is 2.53. The standard InChI is InChI=1S/C10H12FN/c11-10-4-2-1-3-8(10)9-5-7(9)6-12/h1-4,7,9H,5-6,12H2/t7-,9+/m0/s1. The highest BCUT2D eigenvalue weighted by atomic mass is 19.1. The van der Waals surface area contributed by atoms with Gasteiger partial charge in [-0.1, -0.05) is 18.2 Å². The maximum atomic E-state index is 13.1. The van der Waals surface area contributed by atoms with Gasteiger partial charge in [0.1, 0.15) is 5.82 Å². The monoisotopic (exact) mass is 165 g/mol. The first-order chi connectivity index (χ1) is 5.83. The van der Waals surface area contributed by atoms with Gasteiger partial charge in [0.25, 0.3) is 0 Å². The Morgan fingerprint density at radius 1 is 1.42 bits per heavy atom. The van der Waals surface area contributed by atoms with Crippen LogP contribution >= 0.6 is 0 Å². The van der Waals surface area contributed by atoms with E-state index in [0.717, 1.165) is 12.0 Å². The van der Waals surface area contributed by atoms with Gasteiger partial charge < -0.3 is 5.73 Å². The summed E-state index contributed by atoms with van der Waals surface area (Å²) >= 11 is 0. The fourth-order valence-electron chi connectivity index (χ4n) is 1.66. The summed E-state index contributed by atoms with van der Waals surface area (Å²) in [5, 5.41) is 0. The first-order valence-electron chi connectivity index (χ1n) is 4.27. The zero-order valence-electron chi connectivity index (χ0n) is 6.83. The summed E-state index contributed by atoms with van der Waals surface area (Å²) in [6, 6.07) is 6.97. The second-order valence-corrected chi connectivity index (χ2v) is 3.36. The van der Waals surface area contributed by atoms with Gasteiger partial charge in [0.15, 0.2) is 0 Å². The molecule has 1 aromatic rings. The van der Waals surface area contributed by atoms with E-state index in [-0.39, 0.29) is 5.82 Å². The van der Waals surface area contributed by atoms with Crippen molar-refractivity contribution in [2.75, 3.05) is 6.54 Å². The average Bonchev–Trinajstić information content (AvgIpc) is 2.84. The highest BCUT2D eigenvalue weighted by Gasteiger charge is 2.38. The molecule has 2 rings (SSSR count). The van der Waals surface area contributed by atoms with Crippen LogP contribution in [0, 0.1) is 11.7 Å². The molecule has 1 fully saturated rings. The number of rotatable bonds is 2. The second-order valence-electron chi connectivity index (χ2n) is 3.36. The van der Waals surface area contributed by atoms with E-state index in [4.69, 9.17) is 5.73 Å². The van der Waals surface area contributed by atoms with Crippen molar-refractivity contribution < 1.29 is 4.39 Å². The van der Waals surface area contributed by atoms with Crippen LogP contribution in [0.2, 0.25) is 0 Å². The van der Waals surface area contributed by atoms with Crippen LogP contribution in [0.15, 0.2) is 24.3 Å². The van der Waals surface area contributed by atoms with E-state index in [1.54, 1.807) is 6.07 Å². The lowest BCUT2D eigenvalue weighted by Gasteiger charge is -1.99. The Morgan fingerprint density at radius 3 is 2.75 bits per heavy atom. The Hall–Kier alpha value is -0.890. The van der Waals surface area contributed by atoms with E-state index in [0.29, 0.717) is 18.4 Å². The molecule has 1 aliphatic carbocycles. The smallest absolute Gasteiger partial charge is 0.126 e. The van der Waals surface area contributed by atoms with E-state index in [9.17, 15) is 4.39 Å². The van der Waals surface area contributed by atoms with Crippen molar-refractivity contribution in [3.63, 3.8) is 0 Å². The van der Waals surface area contributed by atoms with Gasteiger partial charge in [-0.3, -0.25) is 0 Å². The van der Waals surface area contributed by atoms with Gasteiger partial charge in [-0.15, -0.1) is 0 Å². The van der Waals surface area contributed by atoms with Crippen LogP contribution in [0.25, 0.3) is 0 Å². The third kappa shape index (κ3) is 1.23. The predicted octanol–water partition coefficient (Wildman–Crippen LogP) is 1.89. The summed E-state index contributed by atoms with van der Waals surface area (Å²) < 4.78 is 13.1. The van der Waals surface area contributed by atoms with Crippen molar-refractivity contribution in [3.05, 3.63) is 35.6 Å². The molecule has 0 saturated heterocycles. The van der Waals surface area contributed by atoms with E-state index in [2.05, 4.69) is 0 Å². The van der Waals surface area contributed by atoms with E-state index >= 15 is 0 Å². The summed E-state index contributed by atoms with van der Waals surface area (Å²) in [6.07, 6.45) is 1.05. The lowest BCUT2D eigenvalue weighted by Crippen LogP contribution is -2.02. The lowest BCUT2D eigenvalue weighted by atomic mass is 10.1. The van der Waals surface area contributed by atoms with Crippen molar-refractivity contribution in [2.24, 2.45) is 11.7 Å². The van der Waals surface area contributed by atoms with E-state index < -0.39 is 0 Å². The molecular weight excluding hydrogens is 153 g/mol. The molecule has 0 aromatic heterocycles. The van der Waals surface area contributed by atoms with E-state index in [1.807, 2.05) is 12.1 Å². The minimum Gasteiger partial charge on any atom is -0.330 e. The zero-order valence-corrected chi connectivity index (χ0v) is 6.83. The number of benzene rings is 1. The first-order valence-corrected chi connectivity index (χ1v) is 4.27. The van der Waals surface area contributed by atoms with Crippen molar-refractivity contribution in [1.82, 2.24) is 0 Å². The van der Waals surface area contributed by atoms with Crippen molar-refractivity contribution in [3.8, 4) is 0 Å². The molecule has 2 N–H and O–H groups in total. The minimum absolute atomic E-state index is 0.0848. The maximum Gasteiger partial charge on any atom is 0.126 e. The molecule has 1 aromatic carbocycles. The van der Waals surface area contributed by atoms with Gasteiger partial charge in [-0.25, -0.2) is 4.39 Å². The van der Waals surface area contributed by atoms with Gasteiger partial charge in [-0.05, 0) is 36.4 Å². The summed E-state index contributed by atoms with van der Waals surface area (Å²) in [6.45, 7) is 0.680. The summed E-state index contributed by atoms with van der Waals surface area (Å²) in [7, 11) is 0. The van der Waals surface area contributed by atoms with Gasteiger partial charge in [0.2, 0.25) is 0 Å². The Labute approximate surface area is 71.4 Å². The van der Waals surface area contributed by atoms with Gasteiger partial charge in [0, 0.05) is 0 Å². The molecule has 1 aliphatic rings. The third-order valence-corrected chi connectivity index (χ3v) is 2.53. The molecule has 64 valence electrons. The van der Waals surface area contributed by atoms with E-state index in [1.165, 1.54) is 6.07 Å². The average molecular weight is 165 g/mol. The molecule has 2 heteroatoms. The SMILES string of the molecule is NC[C@@H]1C[C@H]1c1ccccc1F. The predicted molar refractivity (Wildman–Crippen MR) is 46.3 cm³/mol. The maximum absolute atomic E-state index is 13.1. The Balaban J connectivity index is 2.19. The number of halogens is 1. The van der Waals surface area contributed by atoms with Crippen LogP contribution < -0.4 is 5.73 Å². The summed E-state index contributed by atoms with van der Waals surface area (Å²) in [4.78, 5) is 0. The topological polar surface area (TPSA) is 26.0 Å². The largest absolute Gasteiger partial charge is 0.330 e. The fraction of sp³-hybridized carbons (Fsp3) is 0.400. The second kappa shape index (κ2) is 2.87. The summed E-state index contributed by atoms with van der Waals surface area (Å²) in [5.41, 5.74) is 6.33. The van der Waals surface area contributed by atoms with Crippen molar-refractivity contribution in [2.45, 2.75) is 12.3 Å². The Bertz CT molecular complexity index is 285. The van der Waals surface area contributed by atoms with Crippen LogP contribution in [-0.2, 0) is 0 Å². The molecular formula is C10H12FN. The lowest BCUT2D eigenvalue weighted by molar-refractivity contribution is 0.606. The molecule has 1 nitrogen and oxygen atoms in total. The molecule has 0 radical (unpaired) electrons. The Morgan fingerprint density at radius 2 is 2.17 bits per heavy atom. The quantitative estimate of drug-likeness (QED) is 0.711. The minimum atomic E-state index is -0.0848. The van der Waals surface area contributed by atoms with Crippen LogP contribution in [-0.4, -0.2) is 6.54 Å². The molecule has 12 heavy (non-hydrogen) atoms. The molecule has 0 spiro atoms. The molecule has 0 bridgehead atoms.